The van der Waals surface area contributed by atoms with Crippen LogP contribution >= 0.6 is 11.3 Å². The molecule has 0 radical (unpaired) electrons. The maximum Gasteiger partial charge on any atom is 0.143 e. The molecule has 0 saturated carbocycles. The van der Waals surface area contributed by atoms with Gasteiger partial charge in [-0.05, 0) is 42.0 Å². The second-order valence-electron chi connectivity index (χ2n) is 4.49. The monoisotopic (exact) mass is 286 g/mol. The lowest BCUT2D eigenvalue weighted by Gasteiger charge is -2.10. The quantitative estimate of drug-likeness (QED) is 0.797. The third kappa shape index (κ3) is 2.67. The molecule has 2 heterocycles. The van der Waals surface area contributed by atoms with Gasteiger partial charge in [0.2, 0.25) is 0 Å². The van der Waals surface area contributed by atoms with E-state index in [-0.39, 0.29) is 0 Å². The molecule has 3 rings (SSSR count). The molecule has 0 unspecified atom stereocenters. The Morgan fingerprint density at radius 3 is 2.90 bits per heavy atom. The summed E-state index contributed by atoms with van der Waals surface area (Å²) in [7, 11) is 0. The number of rotatable bonds is 4. The third-order valence-electron chi connectivity index (χ3n) is 2.93. The van der Waals surface area contributed by atoms with Gasteiger partial charge in [-0.25, -0.2) is 9.67 Å². The molecule has 20 heavy (non-hydrogen) atoms. The molecule has 0 aliphatic rings. The minimum absolute atomic E-state index is 0.721. The maximum atomic E-state index is 4.45. The van der Waals surface area contributed by atoms with Crippen LogP contribution in [0.4, 0.5) is 5.69 Å². The first-order valence-electron chi connectivity index (χ1n) is 6.21. The van der Waals surface area contributed by atoms with Crippen LogP contribution in [-0.4, -0.2) is 25.2 Å². The van der Waals surface area contributed by atoms with E-state index in [0.717, 1.165) is 28.6 Å². The van der Waals surface area contributed by atoms with Crippen LogP contribution in [0.1, 0.15) is 16.3 Å². The molecule has 7 heteroatoms. The summed E-state index contributed by atoms with van der Waals surface area (Å²) in [6, 6.07) is 6.07. The van der Waals surface area contributed by atoms with Gasteiger partial charge in [-0.1, -0.05) is 6.07 Å². The highest BCUT2D eigenvalue weighted by atomic mass is 32.1. The smallest absolute Gasteiger partial charge is 0.143 e. The second-order valence-corrected chi connectivity index (χ2v) is 5.43. The van der Waals surface area contributed by atoms with E-state index in [1.54, 1.807) is 22.3 Å². The van der Waals surface area contributed by atoms with Crippen molar-refractivity contribution in [2.24, 2.45) is 0 Å². The van der Waals surface area contributed by atoms with Crippen molar-refractivity contribution in [1.29, 1.82) is 0 Å². The third-order valence-corrected chi connectivity index (χ3v) is 3.90. The average Bonchev–Trinajstić information content (AvgIpc) is 3.09. The van der Waals surface area contributed by atoms with E-state index in [1.165, 1.54) is 5.56 Å². The SMILES string of the molecule is Cc1csc(CNc2cc(-n3cnnn3)ccc2C)n1. The molecule has 0 aliphatic carbocycles. The van der Waals surface area contributed by atoms with Crippen molar-refractivity contribution in [2.45, 2.75) is 20.4 Å². The molecule has 1 aromatic carbocycles. The first-order valence-corrected chi connectivity index (χ1v) is 7.09. The van der Waals surface area contributed by atoms with Gasteiger partial charge in [-0.2, -0.15) is 0 Å². The zero-order valence-corrected chi connectivity index (χ0v) is 12.1. The highest BCUT2D eigenvalue weighted by Crippen LogP contribution is 2.20. The van der Waals surface area contributed by atoms with Gasteiger partial charge in [0.1, 0.15) is 11.3 Å². The van der Waals surface area contributed by atoms with Crippen LogP contribution in [0.25, 0.3) is 5.69 Å². The van der Waals surface area contributed by atoms with Gasteiger partial charge in [0.15, 0.2) is 0 Å². The van der Waals surface area contributed by atoms with Gasteiger partial charge in [0.05, 0.1) is 12.2 Å². The molecule has 102 valence electrons. The summed E-state index contributed by atoms with van der Waals surface area (Å²) >= 11 is 1.67. The summed E-state index contributed by atoms with van der Waals surface area (Å²) in [4.78, 5) is 4.45. The number of tetrazole rings is 1. The Morgan fingerprint density at radius 2 is 2.20 bits per heavy atom. The van der Waals surface area contributed by atoms with Crippen LogP contribution in [-0.2, 0) is 6.54 Å². The Morgan fingerprint density at radius 1 is 1.30 bits per heavy atom. The van der Waals surface area contributed by atoms with Gasteiger partial charge >= 0.3 is 0 Å². The van der Waals surface area contributed by atoms with Crippen LogP contribution in [0.2, 0.25) is 0 Å². The van der Waals surface area contributed by atoms with Crippen LogP contribution in [0.3, 0.4) is 0 Å². The fourth-order valence-corrected chi connectivity index (χ4v) is 2.59. The molecule has 6 nitrogen and oxygen atoms in total. The van der Waals surface area contributed by atoms with E-state index >= 15 is 0 Å². The van der Waals surface area contributed by atoms with Crippen molar-refractivity contribution in [1.82, 2.24) is 25.2 Å². The summed E-state index contributed by atoms with van der Waals surface area (Å²) < 4.78 is 1.64. The first kappa shape index (κ1) is 12.7. The maximum absolute atomic E-state index is 4.45. The second kappa shape index (κ2) is 5.38. The largest absolute Gasteiger partial charge is 0.378 e. The van der Waals surface area contributed by atoms with Crippen molar-refractivity contribution in [3.63, 3.8) is 0 Å². The highest BCUT2D eigenvalue weighted by molar-refractivity contribution is 7.09. The topological polar surface area (TPSA) is 68.5 Å². The Hall–Kier alpha value is -2.28. The van der Waals surface area contributed by atoms with Crippen LogP contribution in [0, 0.1) is 13.8 Å². The molecular weight excluding hydrogens is 272 g/mol. The van der Waals surface area contributed by atoms with Crippen molar-refractivity contribution < 1.29 is 0 Å². The molecule has 2 aromatic heterocycles. The van der Waals surface area contributed by atoms with Crippen molar-refractivity contribution in [2.75, 3.05) is 5.32 Å². The first-order chi connectivity index (χ1) is 9.72. The minimum Gasteiger partial charge on any atom is -0.378 e. The van der Waals surface area contributed by atoms with E-state index < -0.39 is 0 Å². The Balaban J connectivity index is 1.80. The van der Waals surface area contributed by atoms with Crippen molar-refractivity contribution in [3.05, 3.63) is 46.2 Å². The number of benzene rings is 1. The summed E-state index contributed by atoms with van der Waals surface area (Å²) in [5, 5.41) is 17.7. The van der Waals surface area contributed by atoms with Gasteiger partial charge in [0, 0.05) is 16.8 Å². The zero-order valence-electron chi connectivity index (χ0n) is 11.2. The molecule has 3 aromatic rings. The van der Waals surface area contributed by atoms with E-state index in [4.69, 9.17) is 0 Å². The summed E-state index contributed by atoms with van der Waals surface area (Å²) in [5.74, 6) is 0. The fraction of sp³-hybridized carbons (Fsp3) is 0.231. The molecule has 0 bridgehead atoms. The van der Waals surface area contributed by atoms with Gasteiger partial charge in [-0.15, -0.1) is 16.4 Å². The number of anilines is 1. The molecular formula is C13H14N6S. The van der Waals surface area contributed by atoms with Crippen LogP contribution < -0.4 is 5.32 Å². The Kier molecular flexibility index (Phi) is 3.42. The number of hydrogen-bond donors (Lipinski definition) is 1. The molecule has 0 aliphatic heterocycles. The molecule has 0 amide bonds. The number of aromatic nitrogens is 5. The number of aryl methyl sites for hydroxylation is 2. The number of nitrogens with zero attached hydrogens (tertiary/aromatic N) is 5. The van der Waals surface area contributed by atoms with Gasteiger partial charge < -0.3 is 5.32 Å². The number of hydrogen-bond acceptors (Lipinski definition) is 6. The summed E-state index contributed by atoms with van der Waals surface area (Å²) in [6.07, 6.45) is 1.58. The van der Waals surface area contributed by atoms with Gasteiger partial charge in [0.25, 0.3) is 0 Å². The fourth-order valence-electron chi connectivity index (χ4n) is 1.88. The Bertz CT molecular complexity index is 703. The summed E-state index contributed by atoms with van der Waals surface area (Å²) in [6.45, 7) is 4.79. The summed E-state index contributed by atoms with van der Waals surface area (Å²) in [5.41, 5.74) is 4.23. The van der Waals surface area contributed by atoms with Crippen LogP contribution in [0.5, 0.6) is 0 Å². The van der Waals surface area contributed by atoms with E-state index in [9.17, 15) is 0 Å². The average molecular weight is 286 g/mol. The van der Waals surface area contributed by atoms with E-state index in [1.807, 2.05) is 25.1 Å². The predicted octanol–water partition coefficient (Wildman–Crippen LogP) is 2.35. The normalized spacial score (nSPS) is 10.7. The molecule has 1 N–H and O–H groups in total. The minimum atomic E-state index is 0.721. The van der Waals surface area contributed by atoms with Crippen LogP contribution in [0.15, 0.2) is 29.9 Å². The zero-order chi connectivity index (χ0) is 13.9. The van der Waals surface area contributed by atoms with Crippen molar-refractivity contribution in [3.8, 4) is 5.69 Å². The molecule has 0 spiro atoms. The number of nitrogens with one attached hydrogen (secondary N) is 1. The lowest BCUT2D eigenvalue weighted by Crippen LogP contribution is -2.03. The predicted molar refractivity (Wildman–Crippen MR) is 78.1 cm³/mol. The van der Waals surface area contributed by atoms with E-state index in [2.05, 4.69) is 38.1 Å². The van der Waals surface area contributed by atoms with E-state index in [0.29, 0.717) is 0 Å². The standard InChI is InChI=1S/C13H14N6S/c1-9-3-4-11(19-8-15-17-18-19)5-12(9)14-6-13-16-10(2)7-20-13/h3-5,7-8,14H,6H2,1-2H3. The Labute approximate surface area is 120 Å². The van der Waals surface area contributed by atoms with Crippen molar-refractivity contribution >= 4 is 17.0 Å². The van der Waals surface area contributed by atoms with Gasteiger partial charge in [-0.3, -0.25) is 0 Å². The molecule has 0 atom stereocenters. The molecule has 0 saturated heterocycles. The molecule has 0 fully saturated rings. The number of thiazole rings is 1. The lowest BCUT2D eigenvalue weighted by atomic mass is 10.2. The highest BCUT2D eigenvalue weighted by Gasteiger charge is 2.04. The lowest BCUT2D eigenvalue weighted by molar-refractivity contribution is 0.789.